The van der Waals surface area contributed by atoms with Gasteiger partial charge in [0, 0.05) is 5.75 Å². The predicted octanol–water partition coefficient (Wildman–Crippen LogP) is -2.05. The number of hydrazine groups is 1. The summed E-state index contributed by atoms with van der Waals surface area (Å²) in [7, 11) is 0. The first-order chi connectivity index (χ1) is 5.57. The molecule has 0 aromatic rings. The number of amides is 1. The first-order valence-electron chi connectivity index (χ1n) is 3.19. The highest BCUT2D eigenvalue weighted by Crippen LogP contribution is 1.80. The van der Waals surface area contributed by atoms with Gasteiger partial charge in [0.05, 0.1) is 6.04 Å². The van der Waals surface area contributed by atoms with Gasteiger partial charge >= 0.3 is 5.97 Å². The fourth-order valence-corrected chi connectivity index (χ4v) is 0.548. The van der Waals surface area contributed by atoms with Gasteiger partial charge in [0.2, 0.25) is 0 Å². The van der Waals surface area contributed by atoms with Gasteiger partial charge < -0.3 is 10.8 Å². The van der Waals surface area contributed by atoms with Gasteiger partial charge in [-0.15, -0.1) is 0 Å². The van der Waals surface area contributed by atoms with E-state index in [0.29, 0.717) is 0 Å². The van der Waals surface area contributed by atoms with E-state index >= 15 is 0 Å². The largest absolute Gasteiger partial charge is 0.480 e. The number of nitrogens with two attached hydrogens (primary N) is 1. The summed E-state index contributed by atoms with van der Waals surface area (Å²) in [6.45, 7) is -0.342. The van der Waals surface area contributed by atoms with E-state index in [1.807, 2.05) is 0 Å². The first-order valence-corrected chi connectivity index (χ1v) is 3.82. The van der Waals surface area contributed by atoms with Gasteiger partial charge in [0.1, 0.15) is 6.54 Å². The predicted molar refractivity (Wildman–Crippen MR) is 45.6 cm³/mol. The zero-order valence-electron chi connectivity index (χ0n) is 6.28. The van der Waals surface area contributed by atoms with Gasteiger partial charge in [-0.1, -0.05) is 0 Å². The van der Waals surface area contributed by atoms with Crippen LogP contribution in [0.1, 0.15) is 0 Å². The molecule has 6 nitrogen and oxygen atoms in total. The lowest BCUT2D eigenvalue weighted by atomic mass is 10.3. The molecule has 7 heteroatoms. The van der Waals surface area contributed by atoms with Crippen molar-refractivity contribution in [1.82, 2.24) is 10.9 Å². The molecular formula is C5H11N3O3S. The SMILES string of the molecule is N[C@@H](CS)C(=O)NNCC(=O)O. The fraction of sp³-hybridized carbons (Fsp3) is 0.600. The second kappa shape index (κ2) is 5.81. The molecular weight excluding hydrogens is 182 g/mol. The number of nitrogens with one attached hydrogen (secondary N) is 2. The molecule has 0 aliphatic carbocycles. The highest BCUT2D eigenvalue weighted by atomic mass is 32.1. The standard InChI is InChI=1S/C5H11N3O3S/c6-3(2-12)5(11)8-7-1-4(9)10/h3,7,12H,1-2,6H2,(H,8,11)(H,9,10)/t3-/m0/s1. The van der Waals surface area contributed by atoms with Gasteiger partial charge in [-0.25, -0.2) is 5.43 Å². The van der Waals surface area contributed by atoms with E-state index in [1.54, 1.807) is 0 Å². The van der Waals surface area contributed by atoms with Gasteiger partial charge in [-0.2, -0.15) is 12.6 Å². The maximum Gasteiger partial charge on any atom is 0.319 e. The molecule has 0 spiro atoms. The van der Waals surface area contributed by atoms with Crippen LogP contribution in [0.3, 0.4) is 0 Å². The molecule has 70 valence electrons. The molecule has 1 amide bonds. The summed E-state index contributed by atoms with van der Waals surface area (Å²) >= 11 is 3.79. The lowest BCUT2D eigenvalue weighted by molar-refractivity contribution is -0.136. The van der Waals surface area contributed by atoms with Crippen LogP contribution in [0.5, 0.6) is 0 Å². The summed E-state index contributed by atoms with van der Waals surface area (Å²) in [5, 5.41) is 8.16. The third-order valence-corrected chi connectivity index (χ3v) is 1.38. The minimum absolute atomic E-state index is 0.209. The van der Waals surface area contributed by atoms with Crippen molar-refractivity contribution in [3.05, 3.63) is 0 Å². The lowest BCUT2D eigenvalue weighted by Gasteiger charge is -2.08. The van der Waals surface area contributed by atoms with E-state index in [2.05, 4.69) is 23.5 Å². The molecule has 0 fully saturated rings. The van der Waals surface area contributed by atoms with Crippen LogP contribution in [0.4, 0.5) is 0 Å². The van der Waals surface area contributed by atoms with Gasteiger partial charge in [-0.3, -0.25) is 15.0 Å². The number of hydrogen-bond acceptors (Lipinski definition) is 5. The summed E-state index contributed by atoms with van der Waals surface area (Å²) in [6.07, 6.45) is 0. The van der Waals surface area contributed by atoms with Crippen LogP contribution in [0.2, 0.25) is 0 Å². The highest BCUT2D eigenvalue weighted by molar-refractivity contribution is 7.80. The molecule has 0 bridgehead atoms. The quantitative estimate of drug-likeness (QED) is 0.255. The van der Waals surface area contributed by atoms with Gasteiger partial charge in [0.15, 0.2) is 0 Å². The van der Waals surface area contributed by atoms with E-state index < -0.39 is 17.9 Å². The van der Waals surface area contributed by atoms with Crippen LogP contribution in [0, 0.1) is 0 Å². The number of carboxylic acids is 1. The monoisotopic (exact) mass is 193 g/mol. The van der Waals surface area contributed by atoms with E-state index in [0.717, 1.165) is 0 Å². The Hall–Kier alpha value is -0.790. The molecule has 1 atom stereocenters. The molecule has 0 saturated carbocycles. The Kier molecular flexibility index (Phi) is 5.43. The Balaban J connectivity index is 3.50. The zero-order valence-corrected chi connectivity index (χ0v) is 7.17. The number of carbonyl (C=O) groups excluding carboxylic acids is 1. The zero-order chi connectivity index (χ0) is 9.56. The Labute approximate surface area is 74.9 Å². The van der Waals surface area contributed by atoms with E-state index in [-0.39, 0.29) is 12.3 Å². The van der Waals surface area contributed by atoms with E-state index in [4.69, 9.17) is 10.8 Å². The topological polar surface area (TPSA) is 104 Å². The first kappa shape index (κ1) is 11.2. The van der Waals surface area contributed by atoms with Crippen molar-refractivity contribution in [1.29, 1.82) is 0 Å². The summed E-state index contributed by atoms with van der Waals surface area (Å²) in [5.74, 6) is -1.33. The van der Waals surface area contributed by atoms with Crippen molar-refractivity contribution in [2.45, 2.75) is 6.04 Å². The fourth-order valence-electron chi connectivity index (χ4n) is 0.383. The van der Waals surface area contributed by atoms with Crippen LogP contribution >= 0.6 is 12.6 Å². The molecule has 5 N–H and O–H groups in total. The Bertz CT molecular complexity index is 175. The molecule has 0 heterocycles. The second-order valence-electron chi connectivity index (χ2n) is 2.03. The number of rotatable bonds is 5. The molecule has 0 unspecified atom stereocenters. The molecule has 0 saturated heterocycles. The molecule has 0 aliphatic heterocycles. The number of thiol groups is 1. The van der Waals surface area contributed by atoms with E-state index in [1.165, 1.54) is 0 Å². The number of hydrogen-bond donors (Lipinski definition) is 5. The molecule has 0 aromatic carbocycles. The normalized spacial score (nSPS) is 12.2. The van der Waals surface area contributed by atoms with E-state index in [9.17, 15) is 9.59 Å². The van der Waals surface area contributed by atoms with Crippen molar-refractivity contribution < 1.29 is 14.7 Å². The average Bonchev–Trinajstić information content (AvgIpc) is 2.02. The molecule has 0 radical (unpaired) electrons. The van der Waals surface area contributed by atoms with Crippen LogP contribution < -0.4 is 16.6 Å². The summed E-state index contributed by atoms with van der Waals surface area (Å²) < 4.78 is 0. The Morgan fingerprint density at radius 3 is 2.58 bits per heavy atom. The summed E-state index contributed by atoms with van der Waals surface area (Å²) in [6, 6.07) is -0.727. The lowest BCUT2D eigenvalue weighted by Crippen LogP contribution is -2.49. The van der Waals surface area contributed by atoms with Gasteiger partial charge in [-0.05, 0) is 0 Å². The van der Waals surface area contributed by atoms with Crippen LogP contribution in [-0.4, -0.2) is 35.3 Å². The van der Waals surface area contributed by atoms with Crippen LogP contribution in [0.25, 0.3) is 0 Å². The molecule has 0 rings (SSSR count). The van der Waals surface area contributed by atoms with Crippen molar-refractivity contribution in [3.8, 4) is 0 Å². The van der Waals surface area contributed by atoms with Crippen molar-refractivity contribution in [2.75, 3.05) is 12.3 Å². The third kappa shape index (κ3) is 4.94. The Morgan fingerprint density at radius 2 is 2.17 bits per heavy atom. The number of aliphatic carboxylic acids is 1. The smallest absolute Gasteiger partial charge is 0.319 e. The van der Waals surface area contributed by atoms with Crippen molar-refractivity contribution in [2.24, 2.45) is 5.73 Å². The van der Waals surface area contributed by atoms with Crippen molar-refractivity contribution in [3.63, 3.8) is 0 Å². The maximum atomic E-state index is 10.8. The number of carboxylic acid groups (broad SMARTS) is 1. The highest BCUT2D eigenvalue weighted by Gasteiger charge is 2.10. The maximum absolute atomic E-state index is 10.8. The number of carbonyl (C=O) groups is 2. The van der Waals surface area contributed by atoms with Crippen molar-refractivity contribution >= 4 is 24.5 Å². The minimum Gasteiger partial charge on any atom is -0.480 e. The third-order valence-electron chi connectivity index (χ3n) is 0.985. The Morgan fingerprint density at radius 1 is 1.58 bits per heavy atom. The van der Waals surface area contributed by atoms with Crippen LogP contribution in [-0.2, 0) is 9.59 Å². The molecule has 0 aliphatic rings. The molecule has 0 aromatic heterocycles. The minimum atomic E-state index is -1.06. The molecule has 12 heavy (non-hydrogen) atoms. The van der Waals surface area contributed by atoms with Crippen LogP contribution in [0.15, 0.2) is 0 Å². The summed E-state index contributed by atoms with van der Waals surface area (Å²) in [5.41, 5.74) is 9.57. The summed E-state index contributed by atoms with van der Waals surface area (Å²) in [4.78, 5) is 20.8. The van der Waals surface area contributed by atoms with Gasteiger partial charge in [0.25, 0.3) is 5.91 Å². The second-order valence-corrected chi connectivity index (χ2v) is 2.39. The average molecular weight is 193 g/mol.